The molecule has 0 radical (unpaired) electrons. The molecule has 8 heteroatoms. The smallest absolute Gasteiger partial charge is 0.330 e. The quantitative estimate of drug-likeness (QED) is 0.815. The highest BCUT2D eigenvalue weighted by atomic mass is 16.5. The lowest BCUT2D eigenvalue weighted by Gasteiger charge is -2.44. The van der Waals surface area contributed by atoms with E-state index in [9.17, 15) is 14.4 Å². The van der Waals surface area contributed by atoms with Crippen LogP contribution >= 0.6 is 0 Å². The zero-order valence-corrected chi connectivity index (χ0v) is 16.3. The van der Waals surface area contributed by atoms with Crippen molar-refractivity contribution in [3.8, 4) is 5.75 Å². The normalized spacial score (nSPS) is 18.5. The van der Waals surface area contributed by atoms with Gasteiger partial charge in [-0.1, -0.05) is 12.1 Å². The van der Waals surface area contributed by atoms with E-state index in [0.29, 0.717) is 55.0 Å². The molecule has 2 aromatic rings. The number of hydrogen-bond acceptors (Lipinski definition) is 5. The number of fused-ring (bicyclic) bond motifs is 1. The summed E-state index contributed by atoms with van der Waals surface area (Å²) < 4.78 is 8.81. The van der Waals surface area contributed by atoms with Gasteiger partial charge in [-0.15, -0.1) is 0 Å². The summed E-state index contributed by atoms with van der Waals surface area (Å²) in [5.74, 6) is 0.501. The van der Waals surface area contributed by atoms with Crippen molar-refractivity contribution in [2.75, 3.05) is 13.1 Å². The average molecular weight is 384 g/mol. The molecule has 1 saturated heterocycles. The van der Waals surface area contributed by atoms with E-state index in [1.165, 1.54) is 11.6 Å². The number of piperidine rings is 1. The number of amides is 1. The minimum Gasteiger partial charge on any atom is -0.467 e. The maximum absolute atomic E-state index is 12.6. The SMILES string of the molecule is Cc1c(CN2CCC3(CC2)NC(=O)c2ccccc2O3)c(=O)n(C)c(=O)n1C. The molecule has 148 valence electrons. The average Bonchev–Trinajstić information content (AvgIpc) is 2.70. The zero-order valence-electron chi connectivity index (χ0n) is 16.3. The molecule has 3 heterocycles. The topological polar surface area (TPSA) is 85.6 Å². The van der Waals surface area contributed by atoms with E-state index in [2.05, 4.69) is 10.2 Å². The lowest BCUT2D eigenvalue weighted by molar-refractivity contribution is -0.0305. The second kappa shape index (κ2) is 6.63. The van der Waals surface area contributed by atoms with Crippen molar-refractivity contribution in [2.24, 2.45) is 14.1 Å². The minimum absolute atomic E-state index is 0.113. The van der Waals surface area contributed by atoms with E-state index >= 15 is 0 Å². The van der Waals surface area contributed by atoms with Gasteiger partial charge in [-0.3, -0.25) is 19.1 Å². The number of nitrogens with one attached hydrogen (secondary N) is 1. The molecule has 0 saturated carbocycles. The molecule has 28 heavy (non-hydrogen) atoms. The molecule has 1 amide bonds. The number of carbonyl (C=O) groups is 1. The predicted octanol–water partition coefficient (Wildman–Crippen LogP) is 0.507. The third kappa shape index (κ3) is 2.93. The van der Waals surface area contributed by atoms with Crippen LogP contribution in [-0.4, -0.2) is 38.8 Å². The summed E-state index contributed by atoms with van der Waals surface area (Å²) in [6.07, 6.45) is 1.25. The Kier molecular flexibility index (Phi) is 4.38. The Balaban J connectivity index is 1.51. The standard InChI is InChI=1S/C20H24N4O4/c1-13-15(18(26)23(3)19(27)22(13)2)12-24-10-8-20(9-11-24)21-17(25)14-6-4-5-7-16(14)28-20/h4-7H,8-12H2,1-3H3,(H,21,25). The maximum Gasteiger partial charge on any atom is 0.330 e. The number of benzene rings is 1. The number of likely N-dealkylation sites (tertiary alicyclic amines) is 1. The maximum atomic E-state index is 12.6. The van der Waals surface area contributed by atoms with Crippen molar-refractivity contribution < 1.29 is 9.53 Å². The molecule has 4 rings (SSSR count). The lowest BCUT2D eigenvalue weighted by atomic mass is 9.96. The van der Waals surface area contributed by atoms with Gasteiger partial charge in [0.15, 0.2) is 5.72 Å². The van der Waals surface area contributed by atoms with Gasteiger partial charge in [0.05, 0.1) is 11.1 Å². The first-order chi connectivity index (χ1) is 13.3. The summed E-state index contributed by atoms with van der Waals surface area (Å²) in [5.41, 5.74) is 0.590. The molecule has 1 N–H and O–H groups in total. The highest BCUT2D eigenvalue weighted by molar-refractivity contribution is 5.98. The Bertz CT molecular complexity index is 1060. The van der Waals surface area contributed by atoms with Gasteiger partial charge in [-0.2, -0.15) is 0 Å². The zero-order chi connectivity index (χ0) is 20.1. The first kappa shape index (κ1) is 18.5. The van der Waals surface area contributed by atoms with Crippen LogP contribution in [0.3, 0.4) is 0 Å². The number of ether oxygens (including phenoxy) is 1. The summed E-state index contributed by atoms with van der Waals surface area (Å²) in [4.78, 5) is 39.2. The Morgan fingerprint density at radius 2 is 1.75 bits per heavy atom. The van der Waals surface area contributed by atoms with Crippen molar-refractivity contribution in [3.63, 3.8) is 0 Å². The third-order valence-electron chi connectivity index (χ3n) is 5.90. The Hall–Kier alpha value is -2.87. The minimum atomic E-state index is -0.703. The number of hydrogen-bond donors (Lipinski definition) is 1. The molecule has 2 aliphatic heterocycles. The number of para-hydroxylation sites is 1. The van der Waals surface area contributed by atoms with E-state index in [1.54, 1.807) is 20.0 Å². The molecule has 2 aliphatic rings. The van der Waals surface area contributed by atoms with Crippen molar-refractivity contribution >= 4 is 5.91 Å². The van der Waals surface area contributed by atoms with Gasteiger partial charge < -0.3 is 14.6 Å². The molecule has 0 bridgehead atoms. The van der Waals surface area contributed by atoms with Crippen LogP contribution in [0.5, 0.6) is 5.75 Å². The molecule has 1 fully saturated rings. The molecular weight excluding hydrogens is 360 g/mol. The summed E-state index contributed by atoms with van der Waals surface area (Å²) in [6, 6.07) is 7.25. The van der Waals surface area contributed by atoms with Gasteiger partial charge in [0.25, 0.3) is 11.5 Å². The summed E-state index contributed by atoms with van der Waals surface area (Å²) in [7, 11) is 3.18. The fraction of sp³-hybridized carbons (Fsp3) is 0.450. The van der Waals surface area contributed by atoms with E-state index in [0.717, 1.165) is 4.57 Å². The summed E-state index contributed by atoms with van der Waals surface area (Å²) in [6.45, 7) is 3.61. The van der Waals surface area contributed by atoms with Gasteiger partial charge in [-0.05, 0) is 19.1 Å². The number of nitrogens with zero attached hydrogens (tertiary/aromatic N) is 3. The Labute approximate surface area is 162 Å². The van der Waals surface area contributed by atoms with Crippen LogP contribution in [0.15, 0.2) is 33.9 Å². The van der Waals surface area contributed by atoms with E-state index in [4.69, 9.17) is 4.74 Å². The van der Waals surface area contributed by atoms with Crippen molar-refractivity contribution in [1.82, 2.24) is 19.4 Å². The lowest BCUT2D eigenvalue weighted by Crippen LogP contribution is -2.61. The highest BCUT2D eigenvalue weighted by Crippen LogP contribution is 2.33. The number of carbonyl (C=O) groups excluding carboxylic acids is 1. The second-order valence-electron chi connectivity index (χ2n) is 7.59. The molecule has 1 aromatic carbocycles. The third-order valence-corrected chi connectivity index (χ3v) is 5.90. The Morgan fingerprint density at radius 3 is 2.46 bits per heavy atom. The molecule has 0 unspecified atom stereocenters. The first-order valence-corrected chi connectivity index (χ1v) is 9.40. The van der Waals surface area contributed by atoms with Crippen LogP contribution in [0.2, 0.25) is 0 Å². The van der Waals surface area contributed by atoms with Gasteiger partial charge in [0, 0.05) is 52.3 Å². The van der Waals surface area contributed by atoms with Crippen LogP contribution in [-0.2, 0) is 20.6 Å². The fourth-order valence-electron chi connectivity index (χ4n) is 3.97. The molecule has 1 aromatic heterocycles. The predicted molar refractivity (Wildman–Crippen MR) is 103 cm³/mol. The molecular formula is C20H24N4O4. The van der Waals surface area contributed by atoms with Crippen molar-refractivity contribution in [2.45, 2.75) is 32.0 Å². The van der Waals surface area contributed by atoms with Crippen LogP contribution in [0, 0.1) is 6.92 Å². The van der Waals surface area contributed by atoms with Gasteiger partial charge in [0.1, 0.15) is 5.75 Å². The number of aromatic nitrogens is 2. The molecule has 1 spiro atoms. The van der Waals surface area contributed by atoms with Crippen LogP contribution < -0.4 is 21.3 Å². The van der Waals surface area contributed by atoms with Crippen molar-refractivity contribution in [1.29, 1.82) is 0 Å². The Morgan fingerprint density at radius 1 is 1.07 bits per heavy atom. The summed E-state index contributed by atoms with van der Waals surface area (Å²) in [5, 5.41) is 3.02. The highest BCUT2D eigenvalue weighted by Gasteiger charge is 2.42. The second-order valence-corrected chi connectivity index (χ2v) is 7.59. The fourth-order valence-corrected chi connectivity index (χ4v) is 3.97. The monoisotopic (exact) mass is 384 g/mol. The van der Waals surface area contributed by atoms with Crippen molar-refractivity contribution in [3.05, 3.63) is 61.9 Å². The van der Waals surface area contributed by atoms with Gasteiger partial charge in [0.2, 0.25) is 0 Å². The van der Waals surface area contributed by atoms with E-state index in [-0.39, 0.29) is 17.2 Å². The summed E-state index contributed by atoms with van der Waals surface area (Å²) >= 11 is 0. The van der Waals surface area contributed by atoms with Crippen LogP contribution in [0.25, 0.3) is 0 Å². The van der Waals surface area contributed by atoms with Crippen LogP contribution in [0.4, 0.5) is 0 Å². The van der Waals surface area contributed by atoms with E-state index in [1.807, 2.05) is 18.2 Å². The largest absolute Gasteiger partial charge is 0.467 e. The first-order valence-electron chi connectivity index (χ1n) is 9.40. The van der Waals surface area contributed by atoms with E-state index < -0.39 is 5.72 Å². The van der Waals surface area contributed by atoms with Gasteiger partial charge >= 0.3 is 5.69 Å². The van der Waals surface area contributed by atoms with Crippen LogP contribution in [0.1, 0.15) is 34.5 Å². The molecule has 0 aliphatic carbocycles. The molecule has 0 atom stereocenters. The van der Waals surface area contributed by atoms with Gasteiger partial charge in [-0.25, -0.2) is 4.79 Å². The molecule has 8 nitrogen and oxygen atoms in total. The number of rotatable bonds is 2.